The van der Waals surface area contributed by atoms with Crippen LogP contribution in [0.4, 0.5) is 20.2 Å². The van der Waals surface area contributed by atoms with E-state index in [0.717, 1.165) is 12.1 Å². The third-order valence-electron chi connectivity index (χ3n) is 4.03. The maximum atomic E-state index is 13.2. The molecule has 1 N–H and O–H groups in total. The molecule has 8 heteroatoms. The van der Waals surface area contributed by atoms with Gasteiger partial charge < -0.3 is 5.32 Å². The third kappa shape index (κ3) is 3.48. The molecular formula is C17H16F2N2O3S. The molecule has 1 saturated heterocycles. The number of anilines is 2. The molecule has 0 bridgehead atoms. The quantitative estimate of drug-likeness (QED) is 0.908. The van der Waals surface area contributed by atoms with Gasteiger partial charge in [0.15, 0.2) is 11.6 Å². The van der Waals surface area contributed by atoms with Crippen LogP contribution >= 0.6 is 0 Å². The number of halogens is 2. The highest BCUT2D eigenvalue weighted by atomic mass is 32.2. The van der Waals surface area contributed by atoms with Gasteiger partial charge in [-0.15, -0.1) is 0 Å². The Morgan fingerprint density at radius 1 is 1.12 bits per heavy atom. The number of nitrogens with one attached hydrogen (secondary N) is 1. The van der Waals surface area contributed by atoms with Gasteiger partial charge in [-0.1, -0.05) is 0 Å². The number of carbonyl (C=O) groups is 1. The zero-order valence-electron chi connectivity index (χ0n) is 13.4. The minimum atomic E-state index is -3.28. The molecule has 5 nitrogen and oxygen atoms in total. The first-order chi connectivity index (χ1) is 11.8. The largest absolute Gasteiger partial charge is 0.322 e. The average molecular weight is 366 g/mol. The molecule has 1 fully saturated rings. The number of rotatable bonds is 3. The van der Waals surface area contributed by atoms with Crippen molar-refractivity contribution in [2.45, 2.75) is 13.3 Å². The molecule has 1 aliphatic rings. The lowest BCUT2D eigenvalue weighted by Crippen LogP contribution is -2.25. The molecule has 25 heavy (non-hydrogen) atoms. The van der Waals surface area contributed by atoms with Gasteiger partial charge >= 0.3 is 0 Å². The highest BCUT2D eigenvalue weighted by Gasteiger charge is 2.28. The lowest BCUT2D eigenvalue weighted by molar-refractivity contribution is 0.102. The molecular weight excluding hydrogens is 350 g/mol. The molecule has 0 aromatic heterocycles. The number of aryl methyl sites for hydroxylation is 1. The van der Waals surface area contributed by atoms with Gasteiger partial charge in [0.25, 0.3) is 5.91 Å². The Morgan fingerprint density at radius 3 is 2.48 bits per heavy atom. The molecule has 1 amide bonds. The molecule has 2 aromatic rings. The van der Waals surface area contributed by atoms with Crippen molar-refractivity contribution in [1.29, 1.82) is 0 Å². The van der Waals surface area contributed by atoms with E-state index >= 15 is 0 Å². The van der Waals surface area contributed by atoms with Gasteiger partial charge in [-0.05, 0) is 55.3 Å². The Balaban J connectivity index is 1.81. The van der Waals surface area contributed by atoms with Crippen LogP contribution in [-0.4, -0.2) is 26.6 Å². The van der Waals surface area contributed by atoms with E-state index in [-0.39, 0.29) is 11.3 Å². The van der Waals surface area contributed by atoms with Crippen LogP contribution in [0.25, 0.3) is 0 Å². The summed E-state index contributed by atoms with van der Waals surface area (Å²) in [6.45, 7) is 2.16. The first kappa shape index (κ1) is 17.3. The second kappa shape index (κ2) is 6.44. The van der Waals surface area contributed by atoms with Crippen LogP contribution in [0, 0.1) is 18.6 Å². The maximum Gasteiger partial charge on any atom is 0.255 e. The van der Waals surface area contributed by atoms with Crippen LogP contribution in [0.15, 0.2) is 36.4 Å². The Hall–Kier alpha value is -2.48. The number of hydrogen-bond donors (Lipinski definition) is 1. The summed E-state index contributed by atoms with van der Waals surface area (Å²) >= 11 is 0. The summed E-state index contributed by atoms with van der Waals surface area (Å²) in [6.07, 6.45) is 0.579. The van der Waals surface area contributed by atoms with Crippen molar-refractivity contribution < 1.29 is 22.0 Å². The van der Waals surface area contributed by atoms with Gasteiger partial charge in [0, 0.05) is 17.8 Å². The number of benzene rings is 2. The predicted octanol–water partition coefficient (Wildman–Crippen LogP) is 3.07. The minimum Gasteiger partial charge on any atom is -0.322 e. The van der Waals surface area contributed by atoms with Gasteiger partial charge in [-0.25, -0.2) is 17.2 Å². The van der Waals surface area contributed by atoms with E-state index in [1.165, 1.54) is 10.4 Å². The molecule has 0 aliphatic carbocycles. The number of nitrogens with zero attached hydrogens (tertiary/aromatic N) is 1. The second-order valence-corrected chi connectivity index (χ2v) is 7.84. The van der Waals surface area contributed by atoms with E-state index in [4.69, 9.17) is 0 Å². The lowest BCUT2D eigenvalue weighted by Gasteiger charge is -2.18. The summed E-state index contributed by atoms with van der Waals surface area (Å²) in [5.74, 6) is -2.58. The van der Waals surface area contributed by atoms with Crippen LogP contribution < -0.4 is 9.62 Å². The normalized spacial score (nSPS) is 16.0. The molecule has 0 saturated carbocycles. The predicted molar refractivity (Wildman–Crippen MR) is 91.2 cm³/mol. The van der Waals surface area contributed by atoms with E-state index in [1.807, 2.05) is 0 Å². The number of amides is 1. The standard InChI is InChI=1S/C17H16F2N2O3S/c1-11-9-13(21-7-2-8-25(21,23)24)4-6-16(11)20-17(22)12-3-5-14(18)15(19)10-12/h3-6,9-10H,2,7-8H2,1H3,(H,20,22). The fourth-order valence-corrected chi connectivity index (χ4v) is 4.26. The Morgan fingerprint density at radius 2 is 1.88 bits per heavy atom. The summed E-state index contributed by atoms with van der Waals surface area (Å²) in [5, 5.41) is 2.62. The average Bonchev–Trinajstić information content (AvgIpc) is 2.91. The first-order valence-electron chi connectivity index (χ1n) is 7.65. The van der Waals surface area contributed by atoms with Crippen molar-refractivity contribution in [2.75, 3.05) is 21.9 Å². The van der Waals surface area contributed by atoms with E-state index in [2.05, 4.69) is 5.32 Å². The summed E-state index contributed by atoms with van der Waals surface area (Å²) in [5.41, 5.74) is 1.66. The van der Waals surface area contributed by atoms with Gasteiger partial charge in [0.2, 0.25) is 10.0 Å². The number of carbonyl (C=O) groups excluding carboxylic acids is 1. The number of sulfonamides is 1. The highest BCUT2D eigenvalue weighted by molar-refractivity contribution is 7.93. The van der Waals surface area contributed by atoms with Crippen molar-refractivity contribution in [2.24, 2.45) is 0 Å². The van der Waals surface area contributed by atoms with E-state index in [0.29, 0.717) is 29.9 Å². The van der Waals surface area contributed by atoms with Crippen molar-refractivity contribution in [3.8, 4) is 0 Å². The Bertz CT molecular complexity index is 945. The zero-order chi connectivity index (χ0) is 18.2. The summed E-state index contributed by atoms with van der Waals surface area (Å²) in [6, 6.07) is 7.77. The molecule has 2 aromatic carbocycles. The first-order valence-corrected chi connectivity index (χ1v) is 9.26. The van der Waals surface area contributed by atoms with Crippen LogP contribution in [0.5, 0.6) is 0 Å². The van der Waals surface area contributed by atoms with Gasteiger partial charge in [0.05, 0.1) is 11.4 Å². The molecule has 0 radical (unpaired) electrons. The maximum absolute atomic E-state index is 13.2. The van der Waals surface area contributed by atoms with E-state index in [1.54, 1.807) is 25.1 Å². The molecule has 0 unspecified atom stereocenters. The smallest absolute Gasteiger partial charge is 0.255 e. The Kier molecular flexibility index (Phi) is 4.47. The Labute approximate surface area is 144 Å². The van der Waals surface area contributed by atoms with Crippen molar-refractivity contribution in [3.63, 3.8) is 0 Å². The van der Waals surface area contributed by atoms with Crippen LogP contribution in [0.3, 0.4) is 0 Å². The highest BCUT2D eigenvalue weighted by Crippen LogP contribution is 2.28. The van der Waals surface area contributed by atoms with Crippen LogP contribution in [0.2, 0.25) is 0 Å². The third-order valence-corrected chi connectivity index (χ3v) is 5.90. The molecule has 132 valence electrons. The fourth-order valence-electron chi connectivity index (χ4n) is 2.70. The zero-order valence-corrected chi connectivity index (χ0v) is 14.2. The van der Waals surface area contributed by atoms with Crippen molar-refractivity contribution in [1.82, 2.24) is 0 Å². The summed E-state index contributed by atoms with van der Waals surface area (Å²) in [7, 11) is -3.28. The summed E-state index contributed by atoms with van der Waals surface area (Å²) in [4.78, 5) is 12.2. The fraction of sp³-hybridized carbons (Fsp3) is 0.235. The second-order valence-electron chi connectivity index (χ2n) is 5.82. The van der Waals surface area contributed by atoms with Gasteiger partial charge in [-0.2, -0.15) is 0 Å². The molecule has 1 aliphatic heterocycles. The minimum absolute atomic E-state index is 0.00972. The topological polar surface area (TPSA) is 66.5 Å². The van der Waals surface area contributed by atoms with E-state index in [9.17, 15) is 22.0 Å². The monoisotopic (exact) mass is 366 g/mol. The molecule has 0 atom stereocenters. The van der Waals surface area contributed by atoms with Gasteiger partial charge in [-0.3, -0.25) is 9.10 Å². The lowest BCUT2D eigenvalue weighted by atomic mass is 10.1. The number of hydrogen-bond acceptors (Lipinski definition) is 3. The SMILES string of the molecule is Cc1cc(N2CCCS2(=O)=O)ccc1NC(=O)c1ccc(F)c(F)c1. The van der Waals surface area contributed by atoms with Crippen molar-refractivity contribution in [3.05, 3.63) is 59.2 Å². The van der Waals surface area contributed by atoms with Crippen LogP contribution in [0.1, 0.15) is 22.3 Å². The molecule has 3 rings (SSSR count). The van der Waals surface area contributed by atoms with Crippen molar-refractivity contribution >= 4 is 27.3 Å². The molecule has 1 heterocycles. The van der Waals surface area contributed by atoms with Gasteiger partial charge in [0.1, 0.15) is 0 Å². The van der Waals surface area contributed by atoms with E-state index < -0.39 is 27.6 Å². The molecule has 0 spiro atoms. The van der Waals surface area contributed by atoms with Crippen LogP contribution in [-0.2, 0) is 10.0 Å². The summed E-state index contributed by atoms with van der Waals surface area (Å²) < 4.78 is 51.5.